The molecule has 0 amide bonds. The summed E-state index contributed by atoms with van der Waals surface area (Å²) in [6, 6.07) is 4.42. The third-order valence-electron chi connectivity index (χ3n) is 4.24. The standard InChI is InChI=1S/C16H13F2N3O3S2/c17-13-2-1-12(7-14(13)18)26(22,23)21-5-3-10(8-21)15-19-20-16(24-15)11-4-6-25-9-11/h1-2,4,6-7,9-10H,3,5,8H2/t10-/m0/s1. The molecule has 0 unspecified atom stereocenters. The normalized spacial score (nSPS) is 18.5. The van der Waals surface area contributed by atoms with Crippen LogP contribution in [-0.4, -0.2) is 36.0 Å². The van der Waals surface area contributed by atoms with Gasteiger partial charge in [-0.05, 0) is 36.1 Å². The van der Waals surface area contributed by atoms with E-state index in [-0.39, 0.29) is 23.9 Å². The van der Waals surface area contributed by atoms with Crippen molar-refractivity contribution in [3.63, 3.8) is 0 Å². The fourth-order valence-electron chi connectivity index (χ4n) is 2.84. The van der Waals surface area contributed by atoms with E-state index < -0.39 is 21.7 Å². The van der Waals surface area contributed by atoms with Gasteiger partial charge in [-0.15, -0.1) is 10.2 Å². The molecule has 1 fully saturated rings. The van der Waals surface area contributed by atoms with Gasteiger partial charge < -0.3 is 4.42 Å². The van der Waals surface area contributed by atoms with Gasteiger partial charge in [0.1, 0.15) is 0 Å². The summed E-state index contributed by atoms with van der Waals surface area (Å²) in [5.41, 5.74) is 0.818. The van der Waals surface area contributed by atoms with Crippen molar-refractivity contribution in [1.82, 2.24) is 14.5 Å². The first-order valence-corrected chi connectivity index (χ1v) is 10.1. The highest BCUT2D eigenvalue weighted by atomic mass is 32.2. The molecule has 6 nitrogen and oxygen atoms in total. The Morgan fingerprint density at radius 2 is 2.04 bits per heavy atom. The van der Waals surface area contributed by atoms with Crippen LogP contribution in [0.2, 0.25) is 0 Å². The van der Waals surface area contributed by atoms with E-state index in [1.165, 1.54) is 15.6 Å². The number of thiophene rings is 1. The van der Waals surface area contributed by atoms with Crippen molar-refractivity contribution in [1.29, 1.82) is 0 Å². The summed E-state index contributed by atoms with van der Waals surface area (Å²) in [6.07, 6.45) is 0.508. The molecule has 1 atom stereocenters. The summed E-state index contributed by atoms with van der Waals surface area (Å²) in [4.78, 5) is -0.276. The second-order valence-corrected chi connectivity index (χ2v) is 8.60. The van der Waals surface area contributed by atoms with Crippen LogP contribution in [0.1, 0.15) is 18.2 Å². The maximum Gasteiger partial charge on any atom is 0.248 e. The Morgan fingerprint density at radius 1 is 1.19 bits per heavy atom. The zero-order valence-electron chi connectivity index (χ0n) is 13.3. The summed E-state index contributed by atoms with van der Waals surface area (Å²) in [7, 11) is -3.92. The van der Waals surface area contributed by atoms with Crippen molar-refractivity contribution in [3.05, 3.63) is 52.6 Å². The number of hydrogen-bond donors (Lipinski definition) is 0. The molecular weight excluding hydrogens is 384 g/mol. The first kappa shape index (κ1) is 17.3. The lowest BCUT2D eigenvalue weighted by atomic mass is 10.1. The van der Waals surface area contributed by atoms with Gasteiger partial charge in [0.25, 0.3) is 0 Å². The molecule has 1 saturated heterocycles. The second kappa shape index (κ2) is 6.53. The molecule has 0 spiro atoms. The second-order valence-electron chi connectivity index (χ2n) is 5.88. The zero-order chi connectivity index (χ0) is 18.3. The third-order valence-corrected chi connectivity index (χ3v) is 6.78. The van der Waals surface area contributed by atoms with Crippen LogP contribution < -0.4 is 0 Å². The minimum absolute atomic E-state index is 0.145. The van der Waals surface area contributed by atoms with Gasteiger partial charge in [0, 0.05) is 24.0 Å². The zero-order valence-corrected chi connectivity index (χ0v) is 14.9. The highest BCUT2D eigenvalue weighted by Gasteiger charge is 2.36. The molecule has 3 aromatic rings. The van der Waals surface area contributed by atoms with Crippen molar-refractivity contribution in [2.75, 3.05) is 13.1 Å². The summed E-state index contributed by atoms with van der Waals surface area (Å²) in [5.74, 6) is -1.76. The van der Waals surface area contributed by atoms with Crippen molar-refractivity contribution in [2.45, 2.75) is 17.2 Å². The van der Waals surface area contributed by atoms with E-state index in [9.17, 15) is 17.2 Å². The van der Waals surface area contributed by atoms with Crippen molar-refractivity contribution < 1.29 is 21.6 Å². The molecule has 1 aromatic carbocycles. The number of benzene rings is 1. The average molecular weight is 397 g/mol. The number of rotatable bonds is 4. The predicted octanol–water partition coefficient (Wildman–Crippen LogP) is 3.25. The van der Waals surface area contributed by atoms with Crippen LogP contribution in [0.4, 0.5) is 8.78 Å². The predicted molar refractivity (Wildman–Crippen MR) is 90.1 cm³/mol. The van der Waals surface area contributed by atoms with E-state index in [2.05, 4.69) is 10.2 Å². The molecular formula is C16H13F2N3O3S2. The van der Waals surface area contributed by atoms with Gasteiger partial charge >= 0.3 is 0 Å². The van der Waals surface area contributed by atoms with Crippen LogP contribution in [0.3, 0.4) is 0 Å². The van der Waals surface area contributed by atoms with E-state index in [1.54, 1.807) is 0 Å². The van der Waals surface area contributed by atoms with Gasteiger partial charge in [-0.2, -0.15) is 15.6 Å². The molecule has 0 N–H and O–H groups in total. The first-order valence-electron chi connectivity index (χ1n) is 7.76. The average Bonchev–Trinajstić information content (AvgIpc) is 3.37. The Kier molecular flexibility index (Phi) is 4.33. The minimum Gasteiger partial charge on any atom is -0.420 e. The van der Waals surface area contributed by atoms with Crippen LogP contribution in [0, 0.1) is 11.6 Å². The van der Waals surface area contributed by atoms with Gasteiger partial charge in [0.15, 0.2) is 11.6 Å². The van der Waals surface area contributed by atoms with Gasteiger partial charge in [-0.3, -0.25) is 0 Å². The lowest BCUT2D eigenvalue weighted by Crippen LogP contribution is -2.28. The third kappa shape index (κ3) is 3.04. The Bertz CT molecular complexity index is 1030. The molecule has 26 heavy (non-hydrogen) atoms. The molecule has 0 aliphatic carbocycles. The van der Waals surface area contributed by atoms with Gasteiger partial charge in [-0.25, -0.2) is 17.2 Å². The Morgan fingerprint density at radius 3 is 2.77 bits per heavy atom. The highest BCUT2D eigenvalue weighted by Crippen LogP contribution is 2.32. The molecule has 4 rings (SSSR count). The largest absolute Gasteiger partial charge is 0.420 e. The Labute approximate surface area is 152 Å². The van der Waals surface area contributed by atoms with E-state index in [4.69, 9.17) is 4.42 Å². The van der Waals surface area contributed by atoms with E-state index in [0.717, 1.165) is 17.7 Å². The van der Waals surface area contributed by atoms with Gasteiger partial charge in [-0.1, -0.05) is 0 Å². The van der Waals surface area contributed by atoms with Crippen LogP contribution in [-0.2, 0) is 10.0 Å². The fraction of sp³-hybridized carbons (Fsp3) is 0.250. The monoisotopic (exact) mass is 397 g/mol. The smallest absolute Gasteiger partial charge is 0.248 e. The lowest BCUT2D eigenvalue weighted by molar-refractivity contribution is 0.439. The SMILES string of the molecule is O=S(=O)(c1ccc(F)c(F)c1)N1CC[C@H](c2nnc(-c3ccsc3)o2)C1. The maximum absolute atomic E-state index is 13.4. The summed E-state index contributed by atoms with van der Waals surface area (Å²) >= 11 is 1.51. The maximum atomic E-state index is 13.4. The molecule has 1 aliphatic rings. The molecule has 0 bridgehead atoms. The van der Waals surface area contributed by atoms with Crippen molar-refractivity contribution >= 4 is 21.4 Å². The Hall–Kier alpha value is -2.17. The number of sulfonamides is 1. The number of hydrogen-bond acceptors (Lipinski definition) is 6. The quantitative estimate of drug-likeness (QED) is 0.675. The molecule has 0 radical (unpaired) electrons. The summed E-state index contributed by atoms with van der Waals surface area (Å²) in [5, 5.41) is 11.8. The first-order chi connectivity index (χ1) is 12.4. The molecule has 2 aromatic heterocycles. The van der Waals surface area contributed by atoms with E-state index in [1.807, 2.05) is 16.8 Å². The number of nitrogens with zero attached hydrogens (tertiary/aromatic N) is 3. The van der Waals surface area contributed by atoms with Gasteiger partial charge in [0.05, 0.1) is 10.8 Å². The van der Waals surface area contributed by atoms with E-state index >= 15 is 0 Å². The summed E-state index contributed by atoms with van der Waals surface area (Å²) in [6.45, 7) is 0.384. The van der Waals surface area contributed by atoms with Crippen LogP contribution in [0.25, 0.3) is 11.5 Å². The molecule has 136 valence electrons. The number of aromatic nitrogens is 2. The fourth-order valence-corrected chi connectivity index (χ4v) is 4.98. The van der Waals surface area contributed by atoms with Crippen LogP contribution in [0.15, 0.2) is 44.3 Å². The van der Waals surface area contributed by atoms with Crippen molar-refractivity contribution in [2.24, 2.45) is 0 Å². The van der Waals surface area contributed by atoms with Gasteiger partial charge in [0.2, 0.25) is 21.8 Å². The van der Waals surface area contributed by atoms with Crippen LogP contribution >= 0.6 is 11.3 Å². The molecule has 10 heteroatoms. The van der Waals surface area contributed by atoms with Crippen molar-refractivity contribution in [3.8, 4) is 11.5 Å². The highest BCUT2D eigenvalue weighted by molar-refractivity contribution is 7.89. The Balaban J connectivity index is 1.54. The topological polar surface area (TPSA) is 76.3 Å². The summed E-state index contributed by atoms with van der Waals surface area (Å²) < 4.78 is 58.6. The minimum atomic E-state index is -3.92. The molecule has 0 saturated carbocycles. The molecule has 1 aliphatic heterocycles. The molecule has 3 heterocycles. The lowest BCUT2D eigenvalue weighted by Gasteiger charge is -2.16. The van der Waals surface area contributed by atoms with E-state index in [0.29, 0.717) is 24.3 Å². The number of halogens is 2. The van der Waals surface area contributed by atoms with Crippen LogP contribution in [0.5, 0.6) is 0 Å².